The number of pyridine rings is 1. The van der Waals surface area contributed by atoms with Crippen molar-refractivity contribution in [2.24, 2.45) is 0 Å². The summed E-state index contributed by atoms with van der Waals surface area (Å²) in [6.07, 6.45) is 3.25. The fraction of sp³-hybridized carbons (Fsp3) is 0.500. The van der Waals surface area contributed by atoms with Gasteiger partial charge in [0, 0.05) is 51.7 Å². The topological polar surface area (TPSA) is 57.3 Å². The van der Waals surface area contributed by atoms with E-state index in [9.17, 15) is 4.79 Å². The molecule has 2 heterocycles. The summed E-state index contributed by atoms with van der Waals surface area (Å²) in [7, 11) is 0. The lowest BCUT2D eigenvalue weighted by atomic mass is 10.2. The van der Waals surface area contributed by atoms with Crippen molar-refractivity contribution in [3.63, 3.8) is 0 Å². The second-order valence-corrected chi connectivity index (χ2v) is 4.09. The zero-order valence-corrected chi connectivity index (χ0v) is 9.85. The van der Waals surface area contributed by atoms with Crippen LogP contribution in [0.5, 0.6) is 0 Å². The molecule has 1 amide bonds. The Hall–Kier alpha value is -1.46. The molecule has 0 saturated carbocycles. The Morgan fingerprint density at radius 2 is 2.29 bits per heavy atom. The maximum absolute atomic E-state index is 11.7. The predicted octanol–water partition coefficient (Wildman–Crippen LogP) is -0.283. The lowest BCUT2D eigenvalue weighted by Crippen LogP contribution is -2.46. The molecule has 1 aromatic rings. The van der Waals surface area contributed by atoms with E-state index in [0.29, 0.717) is 12.1 Å². The number of amides is 1. The molecule has 5 nitrogen and oxygen atoms in total. The average Bonchev–Trinajstić information content (AvgIpc) is 2.41. The zero-order valence-electron chi connectivity index (χ0n) is 9.85. The molecular formula is C12H18N4O. The number of nitrogens with one attached hydrogen (secondary N) is 2. The highest BCUT2D eigenvalue weighted by atomic mass is 16.1. The van der Waals surface area contributed by atoms with E-state index in [0.717, 1.165) is 32.7 Å². The van der Waals surface area contributed by atoms with E-state index in [4.69, 9.17) is 0 Å². The first kappa shape index (κ1) is 12.0. The fourth-order valence-electron chi connectivity index (χ4n) is 1.86. The van der Waals surface area contributed by atoms with Gasteiger partial charge in [0.1, 0.15) is 0 Å². The SMILES string of the molecule is O=C(NCCN1CCNCC1)c1cccnc1. The van der Waals surface area contributed by atoms with Gasteiger partial charge >= 0.3 is 0 Å². The largest absolute Gasteiger partial charge is 0.351 e. The summed E-state index contributed by atoms with van der Waals surface area (Å²) >= 11 is 0. The van der Waals surface area contributed by atoms with Gasteiger partial charge < -0.3 is 10.6 Å². The van der Waals surface area contributed by atoms with Crippen LogP contribution < -0.4 is 10.6 Å². The van der Waals surface area contributed by atoms with Crippen LogP contribution >= 0.6 is 0 Å². The number of hydrogen-bond acceptors (Lipinski definition) is 4. The Balaban J connectivity index is 1.69. The Bertz CT molecular complexity index is 349. The van der Waals surface area contributed by atoms with E-state index in [1.54, 1.807) is 24.5 Å². The quantitative estimate of drug-likeness (QED) is 0.752. The third kappa shape index (κ3) is 3.80. The number of rotatable bonds is 4. The molecule has 0 bridgehead atoms. The Morgan fingerprint density at radius 3 is 3.00 bits per heavy atom. The van der Waals surface area contributed by atoms with Gasteiger partial charge in [0.25, 0.3) is 5.91 Å². The van der Waals surface area contributed by atoms with Crippen molar-refractivity contribution in [3.05, 3.63) is 30.1 Å². The van der Waals surface area contributed by atoms with Gasteiger partial charge in [0.2, 0.25) is 0 Å². The molecule has 2 rings (SSSR count). The minimum absolute atomic E-state index is 0.0479. The number of hydrogen-bond donors (Lipinski definition) is 2. The highest BCUT2D eigenvalue weighted by molar-refractivity contribution is 5.93. The van der Waals surface area contributed by atoms with E-state index >= 15 is 0 Å². The zero-order chi connectivity index (χ0) is 11.9. The third-order valence-corrected chi connectivity index (χ3v) is 2.85. The van der Waals surface area contributed by atoms with Crippen LogP contribution in [0.2, 0.25) is 0 Å². The minimum atomic E-state index is -0.0479. The van der Waals surface area contributed by atoms with Crippen LogP contribution in [0.4, 0.5) is 0 Å². The molecular weight excluding hydrogens is 216 g/mol. The van der Waals surface area contributed by atoms with Crippen LogP contribution in [0.3, 0.4) is 0 Å². The van der Waals surface area contributed by atoms with Gasteiger partial charge in [-0.3, -0.25) is 14.7 Å². The van der Waals surface area contributed by atoms with Crippen molar-refractivity contribution in [2.45, 2.75) is 0 Å². The first-order chi connectivity index (χ1) is 8.36. The third-order valence-electron chi connectivity index (χ3n) is 2.85. The van der Waals surface area contributed by atoms with Crippen LogP contribution in [-0.4, -0.2) is 55.1 Å². The van der Waals surface area contributed by atoms with Crippen molar-refractivity contribution >= 4 is 5.91 Å². The molecule has 0 spiro atoms. The molecule has 0 atom stereocenters. The Labute approximate surface area is 101 Å². The van der Waals surface area contributed by atoms with E-state index in [1.807, 2.05) is 0 Å². The normalized spacial score (nSPS) is 16.7. The maximum atomic E-state index is 11.7. The van der Waals surface area contributed by atoms with Crippen molar-refractivity contribution in [1.29, 1.82) is 0 Å². The molecule has 1 saturated heterocycles. The molecule has 1 aliphatic heterocycles. The summed E-state index contributed by atoms with van der Waals surface area (Å²) in [5.41, 5.74) is 0.618. The summed E-state index contributed by atoms with van der Waals surface area (Å²) in [5, 5.41) is 6.21. The van der Waals surface area contributed by atoms with Crippen LogP contribution in [0.15, 0.2) is 24.5 Å². The number of carbonyl (C=O) groups is 1. The summed E-state index contributed by atoms with van der Waals surface area (Å²) in [6.45, 7) is 5.79. The molecule has 1 aliphatic rings. The standard InChI is InChI=1S/C12H18N4O/c17-12(11-2-1-3-14-10-11)15-6-9-16-7-4-13-5-8-16/h1-3,10,13H,4-9H2,(H,15,17). The van der Waals surface area contributed by atoms with Crippen LogP contribution in [0, 0.1) is 0 Å². The van der Waals surface area contributed by atoms with E-state index in [2.05, 4.69) is 20.5 Å². The Kier molecular flexibility index (Phi) is 4.46. The highest BCUT2D eigenvalue weighted by Crippen LogP contribution is 1.95. The smallest absolute Gasteiger partial charge is 0.252 e. The van der Waals surface area contributed by atoms with Gasteiger partial charge in [-0.1, -0.05) is 0 Å². The van der Waals surface area contributed by atoms with Crippen LogP contribution in [0.25, 0.3) is 0 Å². The van der Waals surface area contributed by atoms with Crippen molar-refractivity contribution in [2.75, 3.05) is 39.3 Å². The molecule has 92 valence electrons. The number of carbonyl (C=O) groups excluding carboxylic acids is 1. The van der Waals surface area contributed by atoms with Gasteiger partial charge in [-0.05, 0) is 12.1 Å². The molecule has 2 N–H and O–H groups in total. The molecule has 0 unspecified atom stereocenters. The second-order valence-electron chi connectivity index (χ2n) is 4.09. The first-order valence-electron chi connectivity index (χ1n) is 5.97. The van der Waals surface area contributed by atoms with Crippen molar-refractivity contribution < 1.29 is 4.79 Å². The van der Waals surface area contributed by atoms with Crippen LogP contribution in [-0.2, 0) is 0 Å². The van der Waals surface area contributed by atoms with E-state index in [-0.39, 0.29) is 5.91 Å². The van der Waals surface area contributed by atoms with Gasteiger partial charge in [0.05, 0.1) is 5.56 Å². The number of piperazine rings is 1. The summed E-state index contributed by atoms with van der Waals surface area (Å²) in [4.78, 5) is 18.0. The average molecular weight is 234 g/mol. The molecule has 1 aromatic heterocycles. The van der Waals surface area contributed by atoms with Gasteiger partial charge in [0.15, 0.2) is 0 Å². The molecule has 5 heteroatoms. The van der Waals surface area contributed by atoms with Gasteiger partial charge in [-0.25, -0.2) is 0 Å². The molecule has 0 aromatic carbocycles. The summed E-state index contributed by atoms with van der Waals surface area (Å²) in [5.74, 6) is -0.0479. The lowest BCUT2D eigenvalue weighted by molar-refractivity contribution is 0.0947. The van der Waals surface area contributed by atoms with Crippen molar-refractivity contribution in [3.8, 4) is 0 Å². The minimum Gasteiger partial charge on any atom is -0.351 e. The van der Waals surface area contributed by atoms with Crippen molar-refractivity contribution in [1.82, 2.24) is 20.5 Å². The van der Waals surface area contributed by atoms with Gasteiger partial charge in [-0.15, -0.1) is 0 Å². The number of aromatic nitrogens is 1. The van der Waals surface area contributed by atoms with E-state index < -0.39 is 0 Å². The predicted molar refractivity (Wildman–Crippen MR) is 65.9 cm³/mol. The summed E-state index contributed by atoms with van der Waals surface area (Å²) in [6, 6.07) is 3.54. The highest BCUT2D eigenvalue weighted by Gasteiger charge is 2.09. The van der Waals surface area contributed by atoms with E-state index in [1.165, 1.54) is 0 Å². The fourth-order valence-corrected chi connectivity index (χ4v) is 1.86. The molecule has 1 fully saturated rings. The van der Waals surface area contributed by atoms with Gasteiger partial charge in [-0.2, -0.15) is 0 Å². The Morgan fingerprint density at radius 1 is 1.47 bits per heavy atom. The molecule has 0 aliphatic carbocycles. The lowest BCUT2D eigenvalue weighted by Gasteiger charge is -2.27. The maximum Gasteiger partial charge on any atom is 0.252 e. The molecule has 17 heavy (non-hydrogen) atoms. The summed E-state index contributed by atoms with van der Waals surface area (Å²) < 4.78 is 0. The van der Waals surface area contributed by atoms with Crippen LogP contribution in [0.1, 0.15) is 10.4 Å². The second kappa shape index (κ2) is 6.32. The monoisotopic (exact) mass is 234 g/mol. The molecule has 0 radical (unpaired) electrons. The number of nitrogens with zero attached hydrogens (tertiary/aromatic N) is 2. The first-order valence-corrected chi connectivity index (χ1v) is 5.97.